The molecular weight excluding hydrogens is 362 g/mol. The summed E-state index contributed by atoms with van der Waals surface area (Å²) in [4.78, 5) is 39.1. The van der Waals surface area contributed by atoms with Crippen LogP contribution in [0.15, 0.2) is 0 Å². The smallest absolute Gasteiger partial charge is 0.223 e. The van der Waals surface area contributed by atoms with Gasteiger partial charge in [0.1, 0.15) is 6.29 Å². The minimum atomic E-state index is -0.480. The topological polar surface area (TPSA) is 88.2 Å². The lowest BCUT2D eigenvalue weighted by molar-refractivity contribution is -0.140. The lowest BCUT2D eigenvalue weighted by Crippen LogP contribution is -2.47. The molecule has 1 aliphatic heterocycles. The highest BCUT2D eigenvalue weighted by Gasteiger charge is 2.26. The first-order valence-electron chi connectivity index (χ1n) is 10.4. The first-order valence-corrected chi connectivity index (χ1v) is 10.4. The third-order valence-corrected chi connectivity index (χ3v) is 5.02. The van der Waals surface area contributed by atoms with Gasteiger partial charge in [-0.1, -0.05) is 6.92 Å². The standard InChI is InChI=1S/C20H37N3O5/c1-4-12-27-14-15-28-13-11-23(18-7-9-21-10-8-18)20(26)6-5-19(25)22(3)17(2)16-24/h16-18,21H,4-15H2,1-3H3. The van der Waals surface area contributed by atoms with Crippen molar-refractivity contribution in [1.29, 1.82) is 0 Å². The van der Waals surface area contributed by atoms with Crippen LogP contribution >= 0.6 is 0 Å². The molecule has 0 bridgehead atoms. The Morgan fingerprint density at radius 2 is 1.68 bits per heavy atom. The number of hydrogen-bond donors (Lipinski definition) is 1. The molecule has 0 aromatic heterocycles. The Bertz CT molecular complexity index is 469. The zero-order valence-corrected chi connectivity index (χ0v) is 17.7. The first-order chi connectivity index (χ1) is 13.5. The molecule has 28 heavy (non-hydrogen) atoms. The van der Waals surface area contributed by atoms with Crippen molar-refractivity contribution in [3.63, 3.8) is 0 Å². The van der Waals surface area contributed by atoms with Crippen molar-refractivity contribution in [3.8, 4) is 0 Å². The molecule has 0 aliphatic carbocycles. The Kier molecular flexibility index (Phi) is 12.7. The number of piperidine rings is 1. The predicted molar refractivity (Wildman–Crippen MR) is 107 cm³/mol. The molecule has 0 aromatic carbocycles. The molecule has 0 aromatic rings. The normalized spacial score (nSPS) is 15.8. The summed E-state index contributed by atoms with van der Waals surface area (Å²) in [5.41, 5.74) is 0. The summed E-state index contributed by atoms with van der Waals surface area (Å²) in [6, 6.07) is -0.304. The maximum absolute atomic E-state index is 12.8. The summed E-state index contributed by atoms with van der Waals surface area (Å²) in [5.74, 6) is -0.222. The molecule has 1 N–H and O–H groups in total. The van der Waals surface area contributed by atoms with Crippen molar-refractivity contribution in [1.82, 2.24) is 15.1 Å². The maximum atomic E-state index is 12.8. The average molecular weight is 400 g/mol. The SMILES string of the molecule is CCCOCCOCCN(C(=O)CCC(=O)N(C)C(C)C=O)C1CCNCC1. The number of likely N-dealkylation sites (N-methyl/N-ethyl adjacent to an activating group) is 1. The van der Waals surface area contributed by atoms with Gasteiger partial charge in [0.25, 0.3) is 0 Å². The number of ether oxygens (including phenoxy) is 2. The van der Waals surface area contributed by atoms with Gasteiger partial charge < -0.3 is 29.4 Å². The van der Waals surface area contributed by atoms with Crippen molar-refractivity contribution >= 4 is 18.1 Å². The van der Waals surface area contributed by atoms with Crippen molar-refractivity contribution in [2.75, 3.05) is 53.1 Å². The number of amides is 2. The van der Waals surface area contributed by atoms with E-state index >= 15 is 0 Å². The predicted octanol–water partition coefficient (Wildman–Crippen LogP) is 0.836. The van der Waals surface area contributed by atoms with E-state index in [2.05, 4.69) is 12.2 Å². The molecular formula is C20H37N3O5. The second-order valence-electron chi connectivity index (χ2n) is 7.17. The number of nitrogens with zero attached hydrogens (tertiary/aromatic N) is 2. The van der Waals surface area contributed by atoms with Crippen molar-refractivity contribution in [2.24, 2.45) is 0 Å². The van der Waals surface area contributed by atoms with Crippen LogP contribution in [0.25, 0.3) is 0 Å². The molecule has 1 atom stereocenters. The maximum Gasteiger partial charge on any atom is 0.223 e. The molecule has 1 rings (SSSR count). The number of aldehydes is 1. The van der Waals surface area contributed by atoms with Crippen LogP contribution in [0.3, 0.4) is 0 Å². The van der Waals surface area contributed by atoms with Gasteiger partial charge in [-0.2, -0.15) is 0 Å². The van der Waals surface area contributed by atoms with Gasteiger partial charge in [0.05, 0.1) is 25.9 Å². The summed E-state index contributed by atoms with van der Waals surface area (Å²) in [6.45, 7) is 8.28. The Balaban J connectivity index is 2.47. The zero-order valence-electron chi connectivity index (χ0n) is 17.7. The van der Waals surface area contributed by atoms with Gasteiger partial charge in [0, 0.05) is 39.1 Å². The minimum Gasteiger partial charge on any atom is -0.379 e. The van der Waals surface area contributed by atoms with E-state index in [0.29, 0.717) is 26.4 Å². The highest BCUT2D eigenvalue weighted by molar-refractivity contribution is 5.85. The molecule has 8 heteroatoms. The van der Waals surface area contributed by atoms with Crippen LogP contribution in [0.5, 0.6) is 0 Å². The number of nitrogens with one attached hydrogen (secondary N) is 1. The Hall–Kier alpha value is -1.51. The number of hydrogen-bond acceptors (Lipinski definition) is 6. The highest BCUT2D eigenvalue weighted by atomic mass is 16.5. The summed E-state index contributed by atoms with van der Waals surface area (Å²) in [6.07, 6.45) is 3.78. The molecule has 1 heterocycles. The minimum absolute atomic E-state index is 0.0294. The van der Waals surface area contributed by atoms with Gasteiger partial charge in [-0.15, -0.1) is 0 Å². The summed E-state index contributed by atoms with van der Waals surface area (Å²) >= 11 is 0. The second-order valence-corrected chi connectivity index (χ2v) is 7.17. The molecule has 162 valence electrons. The van der Waals surface area contributed by atoms with Crippen LogP contribution in [-0.2, 0) is 23.9 Å². The average Bonchev–Trinajstić information content (AvgIpc) is 2.73. The first kappa shape index (κ1) is 24.5. The third kappa shape index (κ3) is 9.12. The van der Waals surface area contributed by atoms with E-state index in [1.54, 1.807) is 14.0 Å². The van der Waals surface area contributed by atoms with Crippen LogP contribution in [0.4, 0.5) is 0 Å². The molecule has 0 saturated carbocycles. The Morgan fingerprint density at radius 3 is 2.29 bits per heavy atom. The highest BCUT2D eigenvalue weighted by Crippen LogP contribution is 2.14. The second kappa shape index (κ2) is 14.5. The van der Waals surface area contributed by atoms with Crippen molar-refractivity contribution in [2.45, 2.75) is 58.0 Å². The third-order valence-electron chi connectivity index (χ3n) is 5.02. The number of carbonyl (C=O) groups excluding carboxylic acids is 3. The van der Waals surface area contributed by atoms with Crippen LogP contribution in [0.2, 0.25) is 0 Å². The fourth-order valence-corrected chi connectivity index (χ4v) is 3.11. The van der Waals surface area contributed by atoms with Crippen LogP contribution in [0, 0.1) is 0 Å². The molecule has 0 spiro atoms. The lowest BCUT2D eigenvalue weighted by Gasteiger charge is -2.35. The molecule has 1 unspecified atom stereocenters. The van der Waals surface area contributed by atoms with Gasteiger partial charge in [-0.25, -0.2) is 0 Å². The fraction of sp³-hybridized carbons (Fsp3) is 0.850. The summed E-state index contributed by atoms with van der Waals surface area (Å²) < 4.78 is 11.0. The number of rotatable bonds is 14. The molecule has 2 amide bonds. The van der Waals surface area contributed by atoms with Gasteiger partial charge >= 0.3 is 0 Å². The summed E-state index contributed by atoms with van der Waals surface area (Å²) in [5, 5.41) is 3.31. The summed E-state index contributed by atoms with van der Waals surface area (Å²) in [7, 11) is 1.59. The van der Waals surface area contributed by atoms with E-state index in [9.17, 15) is 14.4 Å². The van der Waals surface area contributed by atoms with Gasteiger partial charge in [-0.3, -0.25) is 9.59 Å². The largest absolute Gasteiger partial charge is 0.379 e. The zero-order chi connectivity index (χ0) is 20.8. The van der Waals surface area contributed by atoms with E-state index in [1.807, 2.05) is 4.90 Å². The van der Waals surface area contributed by atoms with Crippen molar-refractivity contribution in [3.05, 3.63) is 0 Å². The molecule has 1 aliphatic rings. The van der Waals surface area contributed by atoms with E-state index in [1.165, 1.54) is 4.90 Å². The fourth-order valence-electron chi connectivity index (χ4n) is 3.11. The van der Waals surface area contributed by atoms with Crippen LogP contribution in [0.1, 0.15) is 46.0 Å². The molecule has 0 radical (unpaired) electrons. The van der Waals surface area contributed by atoms with E-state index < -0.39 is 6.04 Å². The van der Waals surface area contributed by atoms with Crippen molar-refractivity contribution < 1.29 is 23.9 Å². The van der Waals surface area contributed by atoms with Gasteiger partial charge in [-0.05, 0) is 39.3 Å². The van der Waals surface area contributed by atoms with E-state index in [0.717, 1.165) is 45.2 Å². The molecule has 1 fully saturated rings. The monoisotopic (exact) mass is 399 g/mol. The Labute approximate surface area is 168 Å². The molecule has 8 nitrogen and oxygen atoms in total. The van der Waals surface area contributed by atoms with E-state index in [4.69, 9.17) is 9.47 Å². The lowest BCUT2D eigenvalue weighted by atomic mass is 10.0. The number of carbonyl (C=O) groups is 3. The van der Waals surface area contributed by atoms with Crippen LogP contribution in [-0.4, -0.2) is 93.1 Å². The molecule has 1 saturated heterocycles. The van der Waals surface area contributed by atoms with E-state index in [-0.39, 0.29) is 30.7 Å². The van der Waals surface area contributed by atoms with Gasteiger partial charge in [0.15, 0.2) is 0 Å². The van der Waals surface area contributed by atoms with Gasteiger partial charge in [0.2, 0.25) is 11.8 Å². The van der Waals surface area contributed by atoms with Crippen LogP contribution < -0.4 is 5.32 Å². The Morgan fingerprint density at radius 1 is 1.07 bits per heavy atom. The quantitative estimate of drug-likeness (QED) is 0.344.